The number of rotatable bonds is 1. The molecule has 0 saturated heterocycles. The molecule has 1 aromatic carbocycles. The molecule has 1 unspecified atom stereocenters. The second-order valence-electron chi connectivity index (χ2n) is 2.68. The zero-order valence-electron chi connectivity index (χ0n) is 7.05. The van der Waals surface area contributed by atoms with Crippen LogP contribution in [0.4, 0.5) is 0 Å². The summed E-state index contributed by atoms with van der Waals surface area (Å²) >= 11 is 0. The van der Waals surface area contributed by atoms with Gasteiger partial charge >= 0.3 is 0 Å². The number of benzene rings is 1. The second-order valence-corrected chi connectivity index (χ2v) is 3.99. The summed E-state index contributed by atoms with van der Waals surface area (Å²) in [6.07, 6.45) is 1.72. The summed E-state index contributed by atoms with van der Waals surface area (Å²) in [6.45, 7) is 3.98. The van der Waals surface area contributed by atoms with Crippen LogP contribution in [0.1, 0.15) is 11.1 Å². The maximum absolute atomic E-state index is 11.2. The molecule has 60 valence electrons. The third kappa shape index (κ3) is 1.69. The fourth-order valence-corrected chi connectivity index (χ4v) is 2.30. The molecule has 0 N–H and O–H groups in total. The molecule has 0 radical (unpaired) electrons. The Bertz CT molecular complexity index is 271. The predicted octanol–water partition coefficient (Wildman–Crippen LogP) is 2.04. The monoisotopic (exact) mass is 168 g/mol. The van der Waals surface area contributed by atoms with Crippen LogP contribution in [0.5, 0.6) is 0 Å². The Morgan fingerprint density at radius 1 is 1.18 bits per heavy atom. The molecular formula is C9H12OS. The third-order valence-electron chi connectivity index (χ3n) is 1.70. The van der Waals surface area contributed by atoms with E-state index in [1.807, 2.05) is 32.0 Å². The van der Waals surface area contributed by atoms with E-state index in [4.69, 9.17) is 0 Å². The van der Waals surface area contributed by atoms with Crippen molar-refractivity contribution in [2.75, 3.05) is 6.26 Å². The first kappa shape index (κ1) is 8.47. The maximum Gasteiger partial charge on any atom is 0.0503 e. The second kappa shape index (κ2) is 3.18. The van der Waals surface area contributed by atoms with Crippen LogP contribution in [0.15, 0.2) is 23.1 Å². The van der Waals surface area contributed by atoms with Crippen molar-refractivity contribution >= 4 is 10.8 Å². The van der Waals surface area contributed by atoms with Gasteiger partial charge in [0, 0.05) is 11.2 Å². The van der Waals surface area contributed by atoms with Crippen molar-refractivity contribution in [3.8, 4) is 0 Å². The molecular weight excluding hydrogens is 156 g/mol. The quantitative estimate of drug-likeness (QED) is 0.627. The van der Waals surface area contributed by atoms with Gasteiger partial charge in [-0.25, -0.2) is 0 Å². The van der Waals surface area contributed by atoms with Gasteiger partial charge in [0.2, 0.25) is 0 Å². The molecule has 0 saturated carbocycles. The van der Waals surface area contributed by atoms with Gasteiger partial charge in [0.25, 0.3) is 0 Å². The summed E-state index contributed by atoms with van der Waals surface area (Å²) in [6, 6.07) is 5.97. The molecule has 11 heavy (non-hydrogen) atoms. The average molecular weight is 168 g/mol. The van der Waals surface area contributed by atoms with Gasteiger partial charge in [0.05, 0.1) is 10.8 Å². The predicted molar refractivity (Wildman–Crippen MR) is 48.2 cm³/mol. The average Bonchev–Trinajstić information content (AvgIpc) is 1.85. The minimum atomic E-state index is -0.852. The van der Waals surface area contributed by atoms with Crippen LogP contribution in [0.2, 0.25) is 0 Å². The van der Waals surface area contributed by atoms with Crippen molar-refractivity contribution in [2.24, 2.45) is 0 Å². The summed E-state index contributed by atoms with van der Waals surface area (Å²) in [7, 11) is -0.852. The van der Waals surface area contributed by atoms with Crippen molar-refractivity contribution in [1.29, 1.82) is 0 Å². The molecule has 0 heterocycles. The fraction of sp³-hybridized carbons (Fsp3) is 0.333. The van der Waals surface area contributed by atoms with Crippen molar-refractivity contribution in [3.05, 3.63) is 29.3 Å². The molecule has 0 aliphatic heterocycles. The van der Waals surface area contributed by atoms with Gasteiger partial charge in [0.15, 0.2) is 0 Å². The largest absolute Gasteiger partial charge is 0.255 e. The van der Waals surface area contributed by atoms with Crippen LogP contribution in [-0.2, 0) is 10.8 Å². The first-order valence-electron chi connectivity index (χ1n) is 3.52. The van der Waals surface area contributed by atoms with E-state index in [2.05, 4.69) is 0 Å². The first-order valence-corrected chi connectivity index (χ1v) is 5.08. The standard InChI is InChI=1S/C9H12OS/c1-7-5-4-6-8(2)9(7)11(3)10/h4-6H,1-3H3. The van der Waals surface area contributed by atoms with Crippen LogP contribution in [0.3, 0.4) is 0 Å². The lowest BCUT2D eigenvalue weighted by Crippen LogP contribution is -1.94. The SMILES string of the molecule is Cc1cccc(C)c1S(C)=O. The Morgan fingerprint density at radius 2 is 1.64 bits per heavy atom. The molecule has 0 aliphatic rings. The normalized spacial score (nSPS) is 13.0. The lowest BCUT2D eigenvalue weighted by molar-refractivity contribution is 0.686. The Labute approximate surface area is 69.9 Å². The molecule has 1 atom stereocenters. The van der Waals surface area contributed by atoms with E-state index < -0.39 is 10.8 Å². The molecule has 2 heteroatoms. The summed E-state index contributed by atoms with van der Waals surface area (Å²) in [5.41, 5.74) is 2.23. The number of hydrogen-bond donors (Lipinski definition) is 0. The van der Waals surface area contributed by atoms with E-state index >= 15 is 0 Å². The zero-order valence-corrected chi connectivity index (χ0v) is 7.87. The van der Waals surface area contributed by atoms with E-state index in [1.165, 1.54) is 0 Å². The van der Waals surface area contributed by atoms with Crippen LogP contribution in [-0.4, -0.2) is 10.5 Å². The molecule has 0 aliphatic carbocycles. The maximum atomic E-state index is 11.2. The Balaban J connectivity index is 3.32. The van der Waals surface area contributed by atoms with Gasteiger partial charge in [-0.3, -0.25) is 4.21 Å². The van der Waals surface area contributed by atoms with Crippen LogP contribution in [0.25, 0.3) is 0 Å². The highest BCUT2D eigenvalue weighted by molar-refractivity contribution is 7.84. The van der Waals surface area contributed by atoms with Crippen LogP contribution < -0.4 is 0 Å². The number of aryl methyl sites for hydroxylation is 2. The van der Waals surface area contributed by atoms with Gasteiger partial charge in [0.1, 0.15) is 0 Å². The van der Waals surface area contributed by atoms with Crippen molar-refractivity contribution in [3.63, 3.8) is 0 Å². The first-order chi connectivity index (χ1) is 5.13. The van der Waals surface area contributed by atoms with Crippen LogP contribution in [0, 0.1) is 13.8 Å². The van der Waals surface area contributed by atoms with E-state index in [0.29, 0.717) is 0 Å². The van der Waals surface area contributed by atoms with Gasteiger partial charge in [-0.2, -0.15) is 0 Å². The van der Waals surface area contributed by atoms with Gasteiger partial charge in [-0.15, -0.1) is 0 Å². The summed E-state index contributed by atoms with van der Waals surface area (Å²) in [5, 5.41) is 0. The molecule has 1 nitrogen and oxygen atoms in total. The highest BCUT2D eigenvalue weighted by Crippen LogP contribution is 2.15. The lowest BCUT2D eigenvalue weighted by Gasteiger charge is -2.04. The minimum absolute atomic E-state index is 0.852. The highest BCUT2D eigenvalue weighted by Gasteiger charge is 2.03. The molecule has 0 spiro atoms. The van der Waals surface area contributed by atoms with Gasteiger partial charge in [-0.05, 0) is 25.0 Å². The lowest BCUT2D eigenvalue weighted by atomic mass is 10.2. The van der Waals surface area contributed by atoms with E-state index in [9.17, 15) is 4.21 Å². The summed E-state index contributed by atoms with van der Waals surface area (Å²) < 4.78 is 11.2. The van der Waals surface area contributed by atoms with Crippen molar-refractivity contribution in [1.82, 2.24) is 0 Å². The summed E-state index contributed by atoms with van der Waals surface area (Å²) in [5.74, 6) is 0. The highest BCUT2D eigenvalue weighted by atomic mass is 32.2. The molecule has 1 rings (SSSR count). The Kier molecular flexibility index (Phi) is 2.45. The fourth-order valence-electron chi connectivity index (χ4n) is 1.25. The third-order valence-corrected chi connectivity index (χ3v) is 2.92. The molecule has 0 bridgehead atoms. The Morgan fingerprint density at radius 3 is 1.91 bits per heavy atom. The molecule has 0 fully saturated rings. The van der Waals surface area contributed by atoms with Gasteiger partial charge in [-0.1, -0.05) is 18.2 Å². The zero-order chi connectivity index (χ0) is 8.43. The Hall–Kier alpha value is -0.630. The van der Waals surface area contributed by atoms with Gasteiger partial charge < -0.3 is 0 Å². The van der Waals surface area contributed by atoms with E-state index in [-0.39, 0.29) is 0 Å². The van der Waals surface area contributed by atoms with E-state index in [1.54, 1.807) is 6.26 Å². The summed E-state index contributed by atoms with van der Waals surface area (Å²) in [4.78, 5) is 0.979. The molecule has 0 aromatic heterocycles. The van der Waals surface area contributed by atoms with Crippen molar-refractivity contribution in [2.45, 2.75) is 18.7 Å². The topological polar surface area (TPSA) is 17.1 Å². The number of hydrogen-bond acceptors (Lipinski definition) is 1. The minimum Gasteiger partial charge on any atom is -0.255 e. The van der Waals surface area contributed by atoms with Crippen molar-refractivity contribution < 1.29 is 4.21 Å². The van der Waals surface area contributed by atoms with Crippen LogP contribution >= 0.6 is 0 Å². The molecule has 1 aromatic rings. The smallest absolute Gasteiger partial charge is 0.0503 e. The van der Waals surface area contributed by atoms with E-state index in [0.717, 1.165) is 16.0 Å². The molecule has 0 amide bonds.